The van der Waals surface area contributed by atoms with Crippen LogP contribution >= 0.6 is 0 Å². The van der Waals surface area contributed by atoms with E-state index in [0.29, 0.717) is 13.2 Å². The molecule has 1 aliphatic rings. The maximum atomic E-state index is 6.19. The number of hydrogen-bond acceptors (Lipinski definition) is 4. The first kappa shape index (κ1) is 15.2. The molecule has 22 heavy (non-hydrogen) atoms. The SMILES string of the molecule is CCCCc1nc2cc3c(cc2n1CC(N)CC)OCCO3. The van der Waals surface area contributed by atoms with E-state index in [0.717, 1.165) is 60.6 Å². The van der Waals surface area contributed by atoms with Crippen LogP contribution in [0.5, 0.6) is 11.5 Å². The largest absolute Gasteiger partial charge is 0.486 e. The molecule has 1 aliphatic heterocycles. The van der Waals surface area contributed by atoms with Crippen molar-refractivity contribution in [1.29, 1.82) is 0 Å². The lowest BCUT2D eigenvalue weighted by Crippen LogP contribution is -2.26. The molecule has 0 saturated heterocycles. The predicted octanol–water partition coefficient (Wildman–Crippen LogP) is 2.89. The number of benzene rings is 1. The van der Waals surface area contributed by atoms with Crippen LogP contribution in [0, 0.1) is 0 Å². The summed E-state index contributed by atoms with van der Waals surface area (Å²) in [6.45, 7) is 6.32. The highest BCUT2D eigenvalue weighted by Gasteiger charge is 2.18. The fourth-order valence-electron chi connectivity index (χ4n) is 2.80. The molecule has 5 heteroatoms. The quantitative estimate of drug-likeness (QED) is 0.891. The highest BCUT2D eigenvalue weighted by molar-refractivity contribution is 5.80. The van der Waals surface area contributed by atoms with Crippen molar-refractivity contribution in [1.82, 2.24) is 9.55 Å². The van der Waals surface area contributed by atoms with Crippen LogP contribution in [0.3, 0.4) is 0 Å². The fourth-order valence-corrected chi connectivity index (χ4v) is 2.80. The number of rotatable bonds is 6. The molecule has 2 heterocycles. The lowest BCUT2D eigenvalue weighted by molar-refractivity contribution is 0.172. The molecule has 0 amide bonds. The van der Waals surface area contributed by atoms with Crippen molar-refractivity contribution in [3.05, 3.63) is 18.0 Å². The lowest BCUT2D eigenvalue weighted by Gasteiger charge is -2.19. The minimum Gasteiger partial charge on any atom is -0.486 e. The minimum atomic E-state index is 0.144. The molecule has 2 N–H and O–H groups in total. The Morgan fingerprint density at radius 2 is 1.95 bits per heavy atom. The second-order valence-corrected chi connectivity index (χ2v) is 5.90. The number of nitrogens with zero attached hydrogens (tertiary/aromatic N) is 2. The Morgan fingerprint density at radius 3 is 2.64 bits per heavy atom. The number of hydrogen-bond donors (Lipinski definition) is 1. The molecule has 3 rings (SSSR count). The van der Waals surface area contributed by atoms with Crippen LogP contribution in [0.4, 0.5) is 0 Å². The van der Waals surface area contributed by atoms with Crippen LogP contribution in [0.15, 0.2) is 12.1 Å². The van der Waals surface area contributed by atoms with Crippen LogP contribution in [-0.4, -0.2) is 28.8 Å². The van der Waals surface area contributed by atoms with Crippen LogP contribution < -0.4 is 15.2 Å². The zero-order valence-electron chi connectivity index (χ0n) is 13.5. The van der Waals surface area contributed by atoms with E-state index in [1.165, 1.54) is 0 Å². The Labute approximate surface area is 131 Å². The number of ether oxygens (including phenoxy) is 2. The van der Waals surface area contributed by atoms with Crippen LogP contribution in [0.1, 0.15) is 38.9 Å². The van der Waals surface area contributed by atoms with Crippen molar-refractivity contribution in [2.45, 2.75) is 52.1 Å². The molecule has 0 bridgehead atoms. The van der Waals surface area contributed by atoms with Gasteiger partial charge in [-0.25, -0.2) is 4.98 Å². The van der Waals surface area contributed by atoms with E-state index in [1.807, 2.05) is 6.07 Å². The van der Waals surface area contributed by atoms with E-state index in [4.69, 9.17) is 20.2 Å². The van der Waals surface area contributed by atoms with Crippen molar-refractivity contribution in [3.63, 3.8) is 0 Å². The first-order valence-electron chi connectivity index (χ1n) is 8.27. The van der Waals surface area contributed by atoms with Gasteiger partial charge in [-0.1, -0.05) is 20.3 Å². The molecule has 1 aromatic heterocycles. The summed E-state index contributed by atoms with van der Waals surface area (Å²) in [5.41, 5.74) is 8.25. The molecule has 0 saturated carbocycles. The van der Waals surface area contributed by atoms with Gasteiger partial charge >= 0.3 is 0 Å². The van der Waals surface area contributed by atoms with E-state index < -0.39 is 0 Å². The molecular formula is C17H25N3O2. The summed E-state index contributed by atoms with van der Waals surface area (Å²) >= 11 is 0. The molecule has 0 aliphatic carbocycles. The predicted molar refractivity (Wildman–Crippen MR) is 87.6 cm³/mol. The minimum absolute atomic E-state index is 0.144. The third kappa shape index (κ3) is 2.90. The van der Waals surface area contributed by atoms with Gasteiger partial charge < -0.3 is 19.8 Å². The Hall–Kier alpha value is -1.75. The van der Waals surface area contributed by atoms with E-state index in [-0.39, 0.29) is 6.04 Å². The summed E-state index contributed by atoms with van der Waals surface area (Å²) in [5.74, 6) is 2.72. The van der Waals surface area contributed by atoms with Crippen LogP contribution in [0.25, 0.3) is 11.0 Å². The highest BCUT2D eigenvalue weighted by atomic mass is 16.6. The van der Waals surface area contributed by atoms with E-state index in [1.54, 1.807) is 0 Å². The number of unbranched alkanes of at least 4 members (excludes halogenated alkanes) is 1. The van der Waals surface area contributed by atoms with Gasteiger partial charge in [-0.3, -0.25) is 0 Å². The summed E-state index contributed by atoms with van der Waals surface area (Å²) in [6, 6.07) is 4.19. The van der Waals surface area contributed by atoms with Gasteiger partial charge in [-0.05, 0) is 12.8 Å². The van der Waals surface area contributed by atoms with Crippen molar-refractivity contribution in [3.8, 4) is 11.5 Å². The summed E-state index contributed by atoms with van der Waals surface area (Å²) in [4.78, 5) is 4.82. The number of imidazole rings is 1. The molecule has 5 nitrogen and oxygen atoms in total. The van der Waals surface area contributed by atoms with Gasteiger partial charge in [0, 0.05) is 31.1 Å². The number of nitrogens with two attached hydrogens (primary N) is 1. The molecule has 2 aromatic rings. The van der Waals surface area contributed by atoms with Gasteiger partial charge in [-0.2, -0.15) is 0 Å². The summed E-state index contributed by atoms with van der Waals surface area (Å²) in [5, 5.41) is 0. The lowest BCUT2D eigenvalue weighted by atomic mass is 10.2. The molecule has 1 aromatic carbocycles. The summed E-state index contributed by atoms with van der Waals surface area (Å²) in [6.07, 6.45) is 4.23. The number of fused-ring (bicyclic) bond motifs is 2. The second-order valence-electron chi connectivity index (χ2n) is 5.90. The average Bonchev–Trinajstić information content (AvgIpc) is 2.87. The molecule has 0 fully saturated rings. The zero-order chi connectivity index (χ0) is 15.5. The molecule has 0 spiro atoms. The van der Waals surface area contributed by atoms with Gasteiger partial charge in [0.15, 0.2) is 11.5 Å². The average molecular weight is 303 g/mol. The summed E-state index contributed by atoms with van der Waals surface area (Å²) in [7, 11) is 0. The maximum absolute atomic E-state index is 6.19. The van der Waals surface area contributed by atoms with Gasteiger partial charge in [-0.15, -0.1) is 0 Å². The van der Waals surface area contributed by atoms with Crippen molar-refractivity contribution in [2.75, 3.05) is 13.2 Å². The topological polar surface area (TPSA) is 62.3 Å². The second kappa shape index (κ2) is 6.57. The Bertz CT molecular complexity index is 651. The normalized spacial score (nSPS) is 15.2. The van der Waals surface area contributed by atoms with Crippen molar-refractivity contribution < 1.29 is 9.47 Å². The van der Waals surface area contributed by atoms with Gasteiger partial charge in [0.1, 0.15) is 19.0 Å². The first-order valence-corrected chi connectivity index (χ1v) is 8.27. The maximum Gasteiger partial charge on any atom is 0.163 e. The van der Waals surface area contributed by atoms with E-state index in [9.17, 15) is 0 Å². The van der Waals surface area contributed by atoms with Gasteiger partial charge in [0.05, 0.1) is 11.0 Å². The zero-order valence-corrected chi connectivity index (χ0v) is 13.5. The third-order valence-electron chi connectivity index (χ3n) is 4.19. The van der Waals surface area contributed by atoms with Gasteiger partial charge in [0.2, 0.25) is 0 Å². The molecule has 0 radical (unpaired) electrons. The first-order chi connectivity index (χ1) is 10.7. The van der Waals surface area contributed by atoms with E-state index in [2.05, 4.69) is 24.5 Å². The van der Waals surface area contributed by atoms with Crippen LogP contribution in [-0.2, 0) is 13.0 Å². The standard InChI is InChI=1S/C17H25N3O2/c1-3-5-6-17-19-13-9-15-16(22-8-7-21-15)10-14(13)20(17)11-12(18)4-2/h9-10,12H,3-8,11,18H2,1-2H3. The number of aryl methyl sites for hydroxylation is 1. The molecule has 120 valence electrons. The van der Waals surface area contributed by atoms with Gasteiger partial charge in [0.25, 0.3) is 0 Å². The smallest absolute Gasteiger partial charge is 0.163 e. The van der Waals surface area contributed by atoms with E-state index >= 15 is 0 Å². The van der Waals surface area contributed by atoms with Crippen LogP contribution in [0.2, 0.25) is 0 Å². The Morgan fingerprint density at radius 1 is 1.23 bits per heavy atom. The monoisotopic (exact) mass is 303 g/mol. The molecular weight excluding hydrogens is 278 g/mol. The molecule has 1 atom stereocenters. The van der Waals surface area contributed by atoms with Crippen molar-refractivity contribution >= 4 is 11.0 Å². The third-order valence-corrected chi connectivity index (χ3v) is 4.19. The Kier molecular flexibility index (Phi) is 4.52. The Balaban J connectivity index is 2.05. The molecule has 1 unspecified atom stereocenters. The highest BCUT2D eigenvalue weighted by Crippen LogP contribution is 2.35. The number of aromatic nitrogens is 2. The fraction of sp³-hybridized carbons (Fsp3) is 0.588. The summed E-state index contributed by atoms with van der Waals surface area (Å²) < 4.78 is 13.6. The van der Waals surface area contributed by atoms with Crippen molar-refractivity contribution in [2.24, 2.45) is 5.73 Å².